The van der Waals surface area contributed by atoms with Gasteiger partial charge in [0.2, 0.25) is 5.91 Å². The lowest BCUT2D eigenvalue weighted by Crippen LogP contribution is -2.44. The third kappa shape index (κ3) is 6.22. The number of hydrogen-bond acceptors (Lipinski definition) is 4. The summed E-state index contributed by atoms with van der Waals surface area (Å²) in [5.41, 5.74) is 1.30. The molecule has 3 rings (SSSR count). The third-order valence-corrected chi connectivity index (χ3v) is 5.10. The van der Waals surface area contributed by atoms with E-state index in [0.29, 0.717) is 39.3 Å². The summed E-state index contributed by atoms with van der Waals surface area (Å²) in [5, 5.41) is 2.90. The fraction of sp³-hybridized carbons (Fsp3) is 0.600. The number of morpholine rings is 1. The Hall–Kier alpha value is -2.12. The van der Waals surface area contributed by atoms with Crippen molar-refractivity contribution in [3.63, 3.8) is 0 Å². The van der Waals surface area contributed by atoms with Crippen LogP contribution in [0.1, 0.15) is 18.4 Å². The van der Waals surface area contributed by atoms with E-state index in [2.05, 4.69) is 34.5 Å². The molecular formula is C20H30N4O3. The molecule has 7 nitrogen and oxygen atoms in total. The van der Waals surface area contributed by atoms with E-state index in [1.165, 1.54) is 5.56 Å². The van der Waals surface area contributed by atoms with Gasteiger partial charge in [0.25, 0.3) is 0 Å². The molecule has 0 radical (unpaired) electrons. The van der Waals surface area contributed by atoms with Crippen LogP contribution < -0.4 is 5.32 Å². The molecule has 27 heavy (non-hydrogen) atoms. The third-order valence-electron chi connectivity index (χ3n) is 5.10. The Balaban J connectivity index is 1.37. The normalized spacial score (nSPS) is 18.8. The minimum Gasteiger partial charge on any atom is -0.378 e. The molecule has 1 aromatic carbocycles. The van der Waals surface area contributed by atoms with E-state index >= 15 is 0 Å². The summed E-state index contributed by atoms with van der Waals surface area (Å²) in [6.07, 6.45) is 1.31. The Morgan fingerprint density at radius 2 is 1.70 bits per heavy atom. The van der Waals surface area contributed by atoms with E-state index in [4.69, 9.17) is 4.74 Å². The molecule has 3 amide bonds. The summed E-state index contributed by atoms with van der Waals surface area (Å²) in [4.78, 5) is 30.6. The first-order chi connectivity index (χ1) is 13.2. The zero-order chi connectivity index (χ0) is 18.9. The van der Waals surface area contributed by atoms with Crippen LogP contribution in [0, 0.1) is 0 Å². The summed E-state index contributed by atoms with van der Waals surface area (Å²) in [6, 6.07) is 10.4. The zero-order valence-corrected chi connectivity index (χ0v) is 15.9. The van der Waals surface area contributed by atoms with Crippen LogP contribution in [0.2, 0.25) is 0 Å². The van der Waals surface area contributed by atoms with Crippen LogP contribution in [-0.2, 0) is 16.1 Å². The van der Waals surface area contributed by atoms with Gasteiger partial charge in [-0.05, 0) is 12.0 Å². The van der Waals surface area contributed by atoms with Crippen molar-refractivity contribution in [2.24, 2.45) is 0 Å². The van der Waals surface area contributed by atoms with Gasteiger partial charge >= 0.3 is 6.03 Å². The van der Waals surface area contributed by atoms with Gasteiger partial charge in [-0.25, -0.2) is 4.79 Å². The Kier molecular flexibility index (Phi) is 7.47. The predicted octanol–water partition coefficient (Wildman–Crippen LogP) is 1.15. The summed E-state index contributed by atoms with van der Waals surface area (Å²) in [5.74, 6) is 0.0866. The number of hydrogen-bond donors (Lipinski definition) is 1. The lowest BCUT2D eigenvalue weighted by atomic mass is 10.2. The second kappa shape index (κ2) is 10.3. The van der Waals surface area contributed by atoms with Gasteiger partial charge in [0.15, 0.2) is 0 Å². The summed E-state index contributed by atoms with van der Waals surface area (Å²) in [7, 11) is 0. The number of carbonyl (C=O) groups is 2. The average molecular weight is 374 g/mol. The van der Waals surface area contributed by atoms with Gasteiger partial charge < -0.3 is 19.9 Å². The number of ether oxygens (including phenoxy) is 1. The number of nitrogens with zero attached hydrogens (tertiary/aromatic N) is 3. The van der Waals surface area contributed by atoms with E-state index in [-0.39, 0.29) is 11.9 Å². The molecule has 1 aromatic rings. The fourth-order valence-electron chi connectivity index (χ4n) is 3.53. The van der Waals surface area contributed by atoms with Crippen LogP contribution in [0.15, 0.2) is 30.3 Å². The standard InChI is InChI=1S/C20H30N4O3/c25-19(23-13-15-27-16-14-23)7-8-21-20(26)24-10-4-9-22(11-12-24)17-18-5-2-1-3-6-18/h1-3,5-6H,4,7-17H2,(H,21,26). The van der Waals surface area contributed by atoms with Crippen LogP contribution in [-0.4, -0.2) is 85.7 Å². The van der Waals surface area contributed by atoms with Gasteiger partial charge in [-0.1, -0.05) is 30.3 Å². The van der Waals surface area contributed by atoms with E-state index in [1.807, 2.05) is 15.9 Å². The van der Waals surface area contributed by atoms with Crippen molar-refractivity contribution in [3.05, 3.63) is 35.9 Å². The minimum atomic E-state index is -0.0636. The number of amides is 3. The average Bonchev–Trinajstić information content (AvgIpc) is 2.95. The van der Waals surface area contributed by atoms with Crippen molar-refractivity contribution in [1.29, 1.82) is 0 Å². The summed E-state index contributed by atoms with van der Waals surface area (Å²) in [6.45, 7) is 7.15. The van der Waals surface area contributed by atoms with Crippen molar-refractivity contribution >= 4 is 11.9 Å². The van der Waals surface area contributed by atoms with Crippen molar-refractivity contribution in [3.8, 4) is 0 Å². The van der Waals surface area contributed by atoms with E-state index in [0.717, 1.165) is 39.1 Å². The fourth-order valence-corrected chi connectivity index (χ4v) is 3.53. The number of rotatable bonds is 5. The smallest absolute Gasteiger partial charge is 0.317 e. The van der Waals surface area contributed by atoms with Crippen LogP contribution in [0.25, 0.3) is 0 Å². The Labute approximate surface area is 161 Å². The molecule has 0 bridgehead atoms. The molecule has 2 saturated heterocycles. The highest BCUT2D eigenvalue weighted by Crippen LogP contribution is 2.09. The Morgan fingerprint density at radius 1 is 0.926 bits per heavy atom. The lowest BCUT2D eigenvalue weighted by Gasteiger charge is -2.27. The second-order valence-corrected chi connectivity index (χ2v) is 7.08. The molecule has 0 aromatic heterocycles. The van der Waals surface area contributed by atoms with Crippen LogP contribution in [0.3, 0.4) is 0 Å². The zero-order valence-electron chi connectivity index (χ0n) is 15.9. The second-order valence-electron chi connectivity index (χ2n) is 7.08. The highest BCUT2D eigenvalue weighted by atomic mass is 16.5. The quantitative estimate of drug-likeness (QED) is 0.840. The molecule has 0 atom stereocenters. The van der Waals surface area contributed by atoms with Crippen molar-refractivity contribution in [2.45, 2.75) is 19.4 Å². The van der Waals surface area contributed by atoms with Crippen LogP contribution >= 0.6 is 0 Å². The molecule has 2 aliphatic rings. The number of carbonyl (C=O) groups excluding carboxylic acids is 2. The van der Waals surface area contributed by atoms with E-state index < -0.39 is 0 Å². The van der Waals surface area contributed by atoms with Gasteiger partial charge in [0.1, 0.15) is 0 Å². The van der Waals surface area contributed by atoms with Crippen molar-refractivity contribution in [1.82, 2.24) is 20.0 Å². The number of nitrogens with one attached hydrogen (secondary N) is 1. The highest BCUT2D eigenvalue weighted by Gasteiger charge is 2.20. The Bertz CT molecular complexity index is 605. The van der Waals surface area contributed by atoms with Crippen LogP contribution in [0.5, 0.6) is 0 Å². The maximum absolute atomic E-state index is 12.4. The minimum absolute atomic E-state index is 0.0636. The molecule has 2 heterocycles. The van der Waals surface area contributed by atoms with Gasteiger partial charge in [-0.3, -0.25) is 9.69 Å². The molecule has 2 aliphatic heterocycles. The SMILES string of the molecule is O=C(CCNC(=O)N1CCCN(Cc2ccccc2)CC1)N1CCOCC1. The van der Waals surface area contributed by atoms with Gasteiger partial charge in [0.05, 0.1) is 13.2 Å². The molecular weight excluding hydrogens is 344 g/mol. The van der Waals surface area contributed by atoms with Gasteiger partial charge in [0, 0.05) is 58.8 Å². The predicted molar refractivity (Wildman–Crippen MR) is 103 cm³/mol. The van der Waals surface area contributed by atoms with E-state index in [9.17, 15) is 9.59 Å². The molecule has 7 heteroatoms. The van der Waals surface area contributed by atoms with Crippen molar-refractivity contribution in [2.75, 3.05) is 59.0 Å². The Morgan fingerprint density at radius 3 is 2.48 bits per heavy atom. The summed E-state index contributed by atoms with van der Waals surface area (Å²) < 4.78 is 5.26. The molecule has 1 N–H and O–H groups in total. The maximum Gasteiger partial charge on any atom is 0.317 e. The molecule has 0 spiro atoms. The van der Waals surface area contributed by atoms with Gasteiger partial charge in [-0.2, -0.15) is 0 Å². The van der Waals surface area contributed by atoms with Gasteiger partial charge in [-0.15, -0.1) is 0 Å². The molecule has 0 unspecified atom stereocenters. The first-order valence-electron chi connectivity index (χ1n) is 9.87. The van der Waals surface area contributed by atoms with Crippen molar-refractivity contribution < 1.29 is 14.3 Å². The number of benzene rings is 1. The largest absolute Gasteiger partial charge is 0.378 e. The van der Waals surface area contributed by atoms with E-state index in [1.54, 1.807) is 0 Å². The van der Waals surface area contributed by atoms with Crippen LogP contribution in [0.4, 0.5) is 4.79 Å². The molecule has 148 valence electrons. The first-order valence-corrected chi connectivity index (χ1v) is 9.87. The monoisotopic (exact) mass is 374 g/mol. The topological polar surface area (TPSA) is 65.1 Å². The highest BCUT2D eigenvalue weighted by molar-refractivity contribution is 5.78. The molecule has 0 aliphatic carbocycles. The maximum atomic E-state index is 12.4. The molecule has 2 fully saturated rings. The molecule has 0 saturated carbocycles. The number of urea groups is 1. The summed E-state index contributed by atoms with van der Waals surface area (Å²) >= 11 is 0. The lowest BCUT2D eigenvalue weighted by molar-refractivity contribution is -0.135. The first kappa shape index (κ1) is 19.6.